The van der Waals surface area contributed by atoms with Gasteiger partial charge >= 0.3 is 0 Å². The number of nitrogens with two attached hydrogens (primary N) is 1. The number of aromatic amines is 1. The minimum Gasteiger partial charge on any atom is -0.350 e. The third-order valence-corrected chi connectivity index (χ3v) is 5.36. The first-order valence-corrected chi connectivity index (χ1v) is 8.72. The quantitative estimate of drug-likeness (QED) is 0.834. The number of aryl methyl sites for hydroxylation is 2. The summed E-state index contributed by atoms with van der Waals surface area (Å²) in [7, 11) is 0. The molecule has 1 amide bonds. The minimum absolute atomic E-state index is 0.0725. The van der Waals surface area contributed by atoms with E-state index in [0.29, 0.717) is 5.69 Å². The lowest BCUT2D eigenvalue weighted by atomic mass is 9.77. The van der Waals surface area contributed by atoms with Gasteiger partial charge in [0.1, 0.15) is 5.69 Å². The monoisotopic (exact) mass is 327 g/mol. The number of aromatic nitrogens is 1. The highest BCUT2D eigenvalue weighted by molar-refractivity contribution is 6.01. The lowest BCUT2D eigenvalue weighted by Gasteiger charge is -2.54. The van der Waals surface area contributed by atoms with Crippen molar-refractivity contribution in [1.82, 2.24) is 9.88 Å². The predicted molar refractivity (Wildman–Crippen MR) is 99.3 cm³/mol. The average Bonchev–Trinajstić information content (AvgIpc) is 2.72. The molecule has 1 aliphatic heterocycles. The fourth-order valence-corrected chi connectivity index (χ4v) is 4.67. The van der Waals surface area contributed by atoms with Crippen LogP contribution in [0.3, 0.4) is 0 Å². The van der Waals surface area contributed by atoms with Gasteiger partial charge in [0.15, 0.2) is 0 Å². The van der Waals surface area contributed by atoms with Crippen molar-refractivity contribution in [2.75, 3.05) is 0 Å². The molecule has 0 radical (unpaired) electrons. The van der Waals surface area contributed by atoms with Crippen molar-refractivity contribution < 1.29 is 4.79 Å². The number of benzene rings is 1. The number of nitrogens with one attached hydrogen (secondary N) is 1. The molecule has 0 aliphatic carbocycles. The molecular weight excluding hydrogens is 298 g/mol. The van der Waals surface area contributed by atoms with Gasteiger partial charge in [-0.25, -0.2) is 0 Å². The number of fused-ring (bicyclic) bond motifs is 1. The topological polar surface area (TPSA) is 62.1 Å². The number of carbonyl (C=O) groups is 1. The Morgan fingerprint density at radius 2 is 1.75 bits per heavy atom. The number of likely N-dealkylation sites (tertiary alicyclic amines) is 1. The highest BCUT2D eigenvalue weighted by Gasteiger charge is 2.47. The average molecular weight is 327 g/mol. The summed E-state index contributed by atoms with van der Waals surface area (Å²) >= 11 is 0. The molecule has 0 unspecified atom stereocenters. The highest BCUT2D eigenvalue weighted by atomic mass is 16.2. The van der Waals surface area contributed by atoms with Gasteiger partial charge in [0, 0.05) is 28.0 Å². The zero-order chi connectivity index (χ0) is 17.9. The van der Waals surface area contributed by atoms with Gasteiger partial charge in [-0.2, -0.15) is 0 Å². The van der Waals surface area contributed by atoms with E-state index in [1.807, 2.05) is 11.8 Å². The van der Waals surface area contributed by atoms with Crippen molar-refractivity contribution in [1.29, 1.82) is 0 Å². The number of carbonyl (C=O) groups excluding carboxylic acids is 1. The summed E-state index contributed by atoms with van der Waals surface area (Å²) < 4.78 is 0. The predicted octanol–water partition coefficient (Wildman–Crippen LogP) is 3.91. The van der Waals surface area contributed by atoms with Gasteiger partial charge in [0.2, 0.25) is 0 Å². The van der Waals surface area contributed by atoms with Crippen LogP contribution in [-0.4, -0.2) is 32.9 Å². The molecule has 0 atom stereocenters. The molecule has 2 aromatic rings. The third kappa shape index (κ3) is 2.63. The molecule has 1 aliphatic rings. The Bertz CT molecular complexity index is 783. The standard InChI is InChI=1S/C20H29N3O/c1-12-7-8-16-15(9-12)13(2)17(22-16)18(24)23-19(3,4)10-14(21)11-20(23,5)6/h7-9,14,22H,10-11,21H2,1-6H3. The Morgan fingerprint density at radius 1 is 1.17 bits per heavy atom. The maximum Gasteiger partial charge on any atom is 0.271 e. The van der Waals surface area contributed by atoms with Crippen LogP contribution in [0, 0.1) is 13.8 Å². The molecule has 130 valence electrons. The van der Waals surface area contributed by atoms with Crippen molar-refractivity contribution in [2.45, 2.75) is 71.5 Å². The van der Waals surface area contributed by atoms with Crippen LogP contribution in [0.4, 0.5) is 0 Å². The molecule has 4 nitrogen and oxygen atoms in total. The molecule has 1 aromatic carbocycles. The second kappa shape index (κ2) is 5.35. The Labute approximate surface area is 144 Å². The fourth-order valence-electron chi connectivity index (χ4n) is 4.67. The molecule has 4 heteroatoms. The summed E-state index contributed by atoms with van der Waals surface area (Å²) in [5.74, 6) is 0.0725. The summed E-state index contributed by atoms with van der Waals surface area (Å²) in [6.07, 6.45) is 1.64. The Hall–Kier alpha value is -1.81. The maximum absolute atomic E-state index is 13.5. The number of hydrogen-bond donors (Lipinski definition) is 2. The van der Waals surface area contributed by atoms with E-state index in [1.165, 1.54) is 5.56 Å². The van der Waals surface area contributed by atoms with E-state index in [1.54, 1.807) is 0 Å². The number of nitrogens with zero attached hydrogens (tertiary/aromatic N) is 1. The SMILES string of the molecule is Cc1ccc2[nH]c(C(=O)N3C(C)(C)CC(N)CC3(C)C)c(C)c2c1. The summed E-state index contributed by atoms with van der Waals surface area (Å²) in [6.45, 7) is 12.6. The van der Waals surface area contributed by atoms with E-state index in [-0.39, 0.29) is 23.0 Å². The normalized spacial score (nSPS) is 20.5. The molecule has 0 saturated carbocycles. The Balaban J connectivity index is 2.09. The number of H-pyrrole nitrogens is 1. The Morgan fingerprint density at radius 3 is 2.33 bits per heavy atom. The summed E-state index contributed by atoms with van der Waals surface area (Å²) in [6, 6.07) is 6.39. The van der Waals surface area contributed by atoms with Crippen LogP contribution in [0.2, 0.25) is 0 Å². The molecule has 1 saturated heterocycles. The van der Waals surface area contributed by atoms with Gasteiger partial charge in [0.05, 0.1) is 0 Å². The molecule has 0 spiro atoms. The number of rotatable bonds is 1. The van der Waals surface area contributed by atoms with Crippen LogP contribution in [0.25, 0.3) is 10.9 Å². The van der Waals surface area contributed by atoms with Crippen LogP contribution in [-0.2, 0) is 0 Å². The van der Waals surface area contributed by atoms with Crippen molar-refractivity contribution in [3.8, 4) is 0 Å². The minimum atomic E-state index is -0.266. The van der Waals surface area contributed by atoms with Gasteiger partial charge in [0.25, 0.3) is 5.91 Å². The Kier molecular flexibility index (Phi) is 3.79. The fraction of sp³-hybridized carbons (Fsp3) is 0.550. The van der Waals surface area contributed by atoms with Crippen molar-refractivity contribution in [2.24, 2.45) is 5.73 Å². The first-order chi connectivity index (χ1) is 11.0. The smallest absolute Gasteiger partial charge is 0.271 e. The van der Waals surface area contributed by atoms with E-state index in [2.05, 4.69) is 57.8 Å². The highest BCUT2D eigenvalue weighted by Crippen LogP contribution is 2.39. The van der Waals surface area contributed by atoms with Crippen LogP contribution in [0.15, 0.2) is 18.2 Å². The molecular formula is C20H29N3O. The zero-order valence-corrected chi connectivity index (χ0v) is 15.7. The zero-order valence-electron chi connectivity index (χ0n) is 15.7. The molecule has 1 fully saturated rings. The summed E-state index contributed by atoms with van der Waals surface area (Å²) in [4.78, 5) is 18.9. The molecule has 3 rings (SSSR count). The van der Waals surface area contributed by atoms with Gasteiger partial charge in [-0.15, -0.1) is 0 Å². The summed E-state index contributed by atoms with van der Waals surface area (Å²) in [5.41, 5.74) is 9.67. The third-order valence-electron chi connectivity index (χ3n) is 5.36. The number of piperidine rings is 1. The summed E-state index contributed by atoms with van der Waals surface area (Å²) in [5, 5.41) is 1.13. The lowest BCUT2D eigenvalue weighted by Crippen LogP contribution is -2.65. The first kappa shape index (κ1) is 17.0. The van der Waals surface area contributed by atoms with Gasteiger partial charge < -0.3 is 15.6 Å². The van der Waals surface area contributed by atoms with Gasteiger partial charge in [-0.1, -0.05) is 11.6 Å². The largest absolute Gasteiger partial charge is 0.350 e. The van der Waals surface area contributed by atoms with E-state index in [4.69, 9.17) is 5.73 Å². The van der Waals surface area contributed by atoms with E-state index in [9.17, 15) is 4.79 Å². The molecule has 2 heterocycles. The van der Waals surface area contributed by atoms with Crippen molar-refractivity contribution in [3.63, 3.8) is 0 Å². The van der Waals surface area contributed by atoms with Crippen LogP contribution in [0.1, 0.15) is 62.2 Å². The second-order valence-electron chi connectivity index (χ2n) is 8.61. The second-order valence-corrected chi connectivity index (χ2v) is 8.61. The van der Waals surface area contributed by atoms with Crippen LogP contribution in [0.5, 0.6) is 0 Å². The van der Waals surface area contributed by atoms with Gasteiger partial charge in [-0.3, -0.25) is 4.79 Å². The molecule has 1 aromatic heterocycles. The van der Waals surface area contributed by atoms with Crippen LogP contribution < -0.4 is 5.73 Å². The molecule has 3 N–H and O–H groups in total. The maximum atomic E-state index is 13.5. The van der Waals surface area contributed by atoms with E-state index >= 15 is 0 Å². The lowest BCUT2D eigenvalue weighted by molar-refractivity contribution is -0.0176. The van der Waals surface area contributed by atoms with E-state index < -0.39 is 0 Å². The van der Waals surface area contributed by atoms with Crippen molar-refractivity contribution in [3.05, 3.63) is 35.0 Å². The first-order valence-electron chi connectivity index (χ1n) is 8.72. The number of hydrogen-bond acceptors (Lipinski definition) is 2. The van der Waals surface area contributed by atoms with E-state index in [0.717, 1.165) is 29.3 Å². The van der Waals surface area contributed by atoms with Gasteiger partial charge in [-0.05, 0) is 72.1 Å². The molecule has 24 heavy (non-hydrogen) atoms. The van der Waals surface area contributed by atoms with Crippen LogP contribution >= 0.6 is 0 Å². The number of amides is 1. The van der Waals surface area contributed by atoms with Crippen molar-refractivity contribution >= 4 is 16.8 Å². The molecule has 0 bridgehead atoms.